The van der Waals surface area contributed by atoms with Gasteiger partial charge in [-0.2, -0.15) is 0 Å². The summed E-state index contributed by atoms with van der Waals surface area (Å²) in [7, 11) is 0. The van der Waals surface area contributed by atoms with Crippen LogP contribution in [0.4, 0.5) is 0 Å². The van der Waals surface area contributed by atoms with Gasteiger partial charge in [-0.3, -0.25) is 0 Å². The lowest BCUT2D eigenvalue weighted by atomic mass is 9.89. The Bertz CT molecular complexity index is 159. The van der Waals surface area contributed by atoms with Gasteiger partial charge in [0.15, 0.2) is 6.10 Å². The molecule has 1 atom stereocenters. The van der Waals surface area contributed by atoms with Gasteiger partial charge in [-0.05, 0) is 5.41 Å². The highest BCUT2D eigenvalue weighted by Gasteiger charge is 2.30. The second kappa shape index (κ2) is 5.19. The van der Waals surface area contributed by atoms with Crippen LogP contribution >= 0.6 is 0 Å². The van der Waals surface area contributed by atoms with E-state index in [2.05, 4.69) is 0 Å². The summed E-state index contributed by atoms with van der Waals surface area (Å²) >= 11 is 0. The summed E-state index contributed by atoms with van der Waals surface area (Å²) in [6.07, 6.45) is -0.700. The van der Waals surface area contributed by atoms with Gasteiger partial charge in [-0.15, -0.1) is 0 Å². The number of aliphatic hydroxyl groups is 2. The first-order valence-electron chi connectivity index (χ1n) is 4.35. The quantitative estimate of drug-likeness (QED) is 0.495. The van der Waals surface area contributed by atoms with E-state index in [1.54, 1.807) is 20.8 Å². The lowest BCUT2D eigenvalue weighted by molar-refractivity contribution is -0.159. The molecule has 0 aliphatic carbocycles. The molecule has 0 amide bonds. The molecule has 0 aliphatic heterocycles. The summed E-state index contributed by atoms with van der Waals surface area (Å²) in [5.41, 5.74) is -0.504. The molecule has 0 bridgehead atoms. The van der Waals surface area contributed by atoms with Crippen molar-refractivity contribution in [1.82, 2.24) is 0 Å². The zero-order chi connectivity index (χ0) is 10.5. The van der Waals surface area contributed by atoms with Crippen molar-refractivity contribution in [3.8, 4) is 0 Å². The van der Waals surface area contributed by atoms with E-state index in [-0.39, 0.29) is 13.2 Å². The first kappa shape index (κ1) is 12.4. The highest BCUT2D eigenvalue weighted by molar-refractivity contribution is 5.75. The smallest absolute Gasteiger partial charge is 0.335 e. The molecule has 4 nitrogen and oxygen atoms in total. The number of hydrogen-bond acceptors (Lipinski definition) is 4. The molecule has 0 fully saturated rings. The van der Waals surface area contributed by atoms with Crippen molar-refractivity contribution in [3.63, 3.8) is 0 Å². The van der Waals surface area contributed by atoms with Crippen molar-refractivity contribution in [2.75, 3.05) is 13.2 Å². The third-order valence-corrected chi connectivity index (χ3v) is 1.59. The molecule has 1 unspecified atom stereocenters. The molecule has 0 saturated heterocycles. The van der Waals surface area contributed by atoms with Crippen molar-refractivity contribution in [2.24, 2.45) is 5.41 Å². The van der Waals surface area contributed by atoms with Crippen molar-refractivity contribution in [2.45, 2.75) is 33.3 Å². The van der Waals surface area contributed by atoms with Crippen molar-refractivity contribution < 1.29 is 19.7 Å². The molecule has 13 heavy (non-hydrogen) atoms. The van der Waals surface area contributed by atoms with Crippen molar-refractivity contribution in [3.05, 3.63) is 0 Å². The van der Waals surface area contributed by atoms with Gasteiger partial charge < -0.3 is 14.9 Å². The summed E-state index contributed by atoms with van der Waals surface area (Å²) < 4.78 is 4.72. The standard InChI is InChI=1S/C9H18O4/c1-9(2,3)7(11)8(12)13-6-4-5-10/h7,10-11H,4-6H2,1-3H3. The average Bonchev–Trinajstić information content (AvgIpc) is 2.01. The SMILES string of the molecule is CC(C)(C)C(O)C(=O)OCCCO. The molecule has 0 aromatic carbocycles. The molecule has 78 valence electrons. The maximum atomic E-state index is 11.1. The van der Waals surface area contributed by atoms with Crippen LogP contribution < -0.4 is 0 Å². The van der Waals surface area contributed by atoms with Gasteiger partial charge in [0.1, 0.15) is 0 Å². The Balaban J connectivity index is 3.84. The second-order valence-corrected chi connectivity index (χ2v) is 4.01. The highest BCUT2D eigenvalue weighted by Crippen LogP contribution is 2.19. The van der Waals surface area contributed by atoms with E-state index >= 15 is 0 Å². The maximum Gasteiger partial charge on any atom is 0.335 e. The third kappa shape index (κ3) is 4.85. The third-order valence-electron chi connectivity index (χ3n) is 1.59. The molecular weight excluding hydrogens is 172 g/mol. The molecule has 4 heteroatoms. The number of carbonyl (C=O) groups excluding carboxylic acids is 1. The molecular formula is C9H18O4. The lowest BCUT2D eigenvalue weighted by Crippen LogP contribution is -2.35. The van der Waals surface area contributed by atoms with Gasteiger partial charge in [0.25, 0.3) is 0 Å². The Labute approximate surface area is 78.5 Å². The number of hydrogen-bond donors (Lipinski definition) is 2. The number of carbonyl (C=O) groups is 1. The Morgan fingerprint density at radius 3 is 2.38 bits per heavy atom. The molecule has 0 radical (unpaired) electrons. The number of rotatable bonds is 4. The van der Waals surface area contributed by atoms with Crippen LogP contribution in [0.2, 0.25) is 0 Å². The Morgan fingerprint density at radius 1 is 1.46 bits per heavy atom. The normalized spacial score (nSPS) is 13.9. The van der Waals surface area contributed by atoms with E-state index in [1.807, 2.05) is 0 Å². The maximum absolute atomic E-state index is 11.1. The van der Waals surface area contributed by atoms with E-state index in [1.165, 1.54) is 0 Å². The van der Waals surface area contributed by atoms with Crippen LogP contribution in [-0.2, 0) is 9.53 Å². The summed E-state index contributed by atoms with van der Waals surface area (Å²) in [5, 5.41) is 17.8. The predicted molar refractivity (Wildman–Crippen MR) is 48.1 cm³/mol. The molecule has 0 aromatic rings. The zero-order valence-electron chi connectivity index (χ0n) is 8.41. The van der Waals surface area contributed by atoms with Crippen LogP contribution in [0.1, 0.15) is 27.2 Å². The van der Waals surface area contributed by atoms with Crippen LogP contribution in [-0.4, -0.2) is 35.5 Å². The Morgan fingerprint density at radius 2 is 2.00 bits per heavy atom. The van der Waals surface area contributed by atoms with Crippen molar-refractivity contribution in [1.29, 1.82) is 0 Å². The monoisotopic (exact) mass is 190 g/mol. The van der Waals surface area contributed by atoms with E-state index in [9.17, 15) is 9.90 Å². The topological polar surface area (TPSA) is 66.8 Å². The molecule has 0 spiro atoms. The molecule has 2 N–H and O–H groups in total. The largest absolute Gasteiger partial charge is 0.464 e. The number of aliphatic hydroxyl groups excluding tert-OH is 2. The van der Waals surface area contributed by atoms with Crippen LogP contribution in [0.25, 0.3) is 0 Å². The van der Waals surface area contributed by atoms with Crippen LogP contribution in [0, 0.1) is 5.41 Å². The van der Waals surface area contributed by atoms with Crippen molar-refractivity contribution >= 4 is 5.97 Å². The summed E-state index contributed by atoms with van der Waals surface area (Å²) in [6.45, 7) is 5.41. The second-order valence-electron chi connectivity index (χ2n) is 4.01. The fourth-order valence-electron chi connectivity index (χ4n) is 0.670. The van der Waals surface area contributed by atoms with Gasteiger partial charge in [0, 0.05) is 13.0 Å². The molecule has 0 aromatic heterocycles. The molecule has 0 saturated carbocycles. The molecule has 0 heterocycles. The van der Waals surface area contributed by atoms with Gasteiger partial charge in [0.05, 0.1) is 6.61 Å². The molecule has 0 aliphatic rings. The van der Waals surface area contributed by atoms with E-state index in [0.29, 0.717) is 6.42 Å². The van der Waals surface area contributed by atoms with E-state index in [0.717, 1.165) is 0 Å². The van der Waals surface area contributed by atoms with Crippen LogP contribution in [0.5, 0.6) is 0 Å². The summed E-state index contributed by atoms with van der Waals surface area (Å²) in [5.74, 6) is -0.624. The minimum Gasteiger partial charge on any atom is -0.464 e. The predicted octanol–water partition coefficient (Wildman–Crippen LogP) is 0.319. The summed E-state index contributed by atoms with van der Waals surface area (Å²) in [6, 6.07) is 0. The number of ether oxygens (including phenoxy) is 1. The first-order valence-corrected chi connectivity index (χ1v) is 4.35. The van der Waals surface area contributed by atoms with Crippen LogP contribution in [0.3, 0.4) is 0 Å². The van der Waals surface area contributed by atoms with E-state index in [4.69, 9.17) is 9.84 Å². The Hall–Kier alpha value is -0.610. The fraction of sp³-hybridized carbons (Fsp3) is 0.889. The van der Waals surface area contributed by atoms with Gasteiger partial charge in [0.2, 0.25) is 0 Å². The Kier molecular flexibility index (Phi) is 4.95. The molecule has 0 rings (SSSR count). The van der Waals surface area contributed by atoms with E-state index < -0.39 is 17.5 Å². The van der Waals surface area contributed by atoms with Crippen LogP contribution in [0.15, 0.2) is 0 Å². The van der Waals surface area contributed by atoms with Gasteiger partial charge >= 0.3 is 5.97 Å². The zero-order valence-corrected chi connectivity index (χ0v) is 8.41. The minimum absolute atomic E-state index is 0.0150. The fourth-order valence-corrected chi connectivity index (χ4v) is 0.670. The average molecular weight is 190 g/mol. The summed E-state index contributed by atoms with van der Waals surface area (Å²) in [4.78, 5) is 11.1. The van der Waals surface area contributed by atoms with Gasteiger partial charge in [-0.1, -0.05) is 20.8 Å². The highest BCUT2D eigenvalue weighted by atomic mass is 16.5. The lowest BCUT2D eigenvalue weighted by Gasteiger charge is -2.23. The first-order chi connectivity index (χ1) is 5.89. The minimum atomic E-state index is -1.11. The van der Waals surface area contributed by atoms with Gasteiger partial charge in [-0.25, -0.2) is 4.79 Å². The number of esters is 1.